The lowest BCUT2D eigenvalue weighted by Gasteiger charge is -2.33. The third kappa shape index (κ3) is 4.31. The molecule has 1 fully saturated rings. The van der Waals surface area contributed by atoms with Crippen LogP contribution < -0.4 is 11.2 Å². The minimum atomic E-state index is -0.750. The zero-order chi connectivity index (χ0) is 17.7. The van der Waals surface area contributed by atoms with Gasteiger partial charge in [0.1, 0.15) is 5.56 Å². The highest BCUT2D eigenvalue weighted by atomic mass is 16.3. The smallest absolute Gasteiger partial charge is 0.328 e. The lowest BCUT2D eigenvalue weighted by molar-refractivity contribution is -0.130. The van der Waals surface area contributed by atoms with Crippen LogP contribution in [0, 0.1) is 0 Å². The molecule has 0 aromatic carbocycles. The normalized spacial score (nSPS) is 16.4. The Balaban J connectivity index is 1.99. The second kappa shape index (κ2) is 7.91. The minimum Gasteiger partial charge on any atom is -0.494 e. The molecule has 0 unspecified atom stereocenters. The highest BCUT2D eigenvalue weighted by Gasteiger charge is 2.18. The van der Waals surface area contributed by atoms with Gasteiger partial charge in [-0.15, -0.1) is 0 Å². The first-order valence-electron chi connectivity index (χ1n) is 7.99. The van der Waals surface area contributed by atoms with Crippen molar-refractivity contribution in [2.75, 3.05) is 39.3 Å². The fourth-order valence-corrected chi connectivity index (χ4v) is 2.72. The zero-order valence-electron chi connectivity index (χ0n) is 14.0. The van der Waals surface area contributed by atoms with Gasteiger partial charge in [-0.1, -0.05) is 6.92 Å². The van der Waals surface area contributed by atoms with Crippen LogP contribution in [0.15, 0.2) is 14.6 Å². The molecule has 0 aliphatic carbocycles. The Hall–Kier alpha value is -2.42. The molecular weight excluding hydrogens is 314 g/mol. The zero-order valence-corrected chi connectivity index (χ0v) is 14.0. The number of nitrogens with one attached hydrogen (secondary N) is 2. The maximum atomic E-state index is 11.9. The molecule has 132 valence electrons. The van der Waals surface area contributed by atoms with Crippen LogP contribution in [0.5, 0.6) is 5.88 Å². The number of rotatable bonds is 5. The Morgan fingerprint density at radius 3 is 2.42 bits per heavy atom. The van der Waals surface area contributed by atoms with E-state index >= 15 is 0 Å². The molecule has 0 spiro atoms. The second-order valence-corrected chi connectivity index (χ2v) is 5.66. The van der Waals surface area contributed by atoms with Crippen LogP contribution in [-0.2, 0) is 4.79 Å². The number of carbonyl (C=O) groups is 1. The summed E-state index contributed by atoms with van der Waals surface area (Å²) >= 11 is 0. The molecule has 1 saturated heterocycles. The summed E-state index contributed by atoms with van der Waals surface area (Å²) in [5, 5.41) is 9.80. The van der Waals surface area contributed by atoms with Gasteiger partial charge in [0.15, 0.2) is 0 Å². The summed E-state index contributed by atoms with van der Waals surface area (Å²) in [7, 11) is 0. The summed E-state index contributed by atoms with van der Waals surface area (Å²) < 4.78 is 0. The van der Waals surface area contributed by atoms with Crippen LogP contribution in [0.1, 0.15) is 25.8 Å². The minimum absolute atomic E-state index is 0.0125. The lowest BCUT2D eigenvalue weighted by atomic mass is 10.1. The lowest BCUT2D eigenvalue weighted by Crippen LogP contribution is -2.48. The van der Waals surface area contributed by atoms with E-state index in [0.29, 0.717) is 38.3 Å². The SMILES string of the molecule is CCC(=NCCN1CCN(C(C)=O)CC1)c1c(O)[nH]c(=O)[nH]c1=O. The Morgan fingerprint density at radius 1 is 1.21 bits per heavy atom. The summed E-state index contributed by atoms with van der Waals surface area (Å²) in [6, 6.07) is 0. The maximum absolute atomic E-state index is 11.9. The number of amides is 1. The van der Waals surface area contributed by atoms with Crippen molar-refractivity contribution in [1.29, 1.82) is 0 Å². The Bertz CT molecular complexity index is 728. The molecule has 9 nitrogen and oxygen atoms in total. The van der Waals surface area contributed by atoms with Gasteiger partial charge in [0.2, 0.25) is 11.8 Å². The van der Waals surface area contributed by atoms with Crippen molar-refractivity contribution in [3.63, 3.8) is 0 Å². The molecule has 0 atom stereocenters. The van der Waals surface area contributed by atoms with E-state index in [2.05, 4.69) is 19.9 Å². The first-order valence-corrected chi connectivity index (χ1v) is 7.99. The van der Waals surface area contributed by atoms with Crippen LogP contribution in [0.25, 0.3) is 0 Å². The molecule has 0 radical (unpaired) electrons. The average molecular weight is 337 g/mol. The Labute approximate surface area is 139 Å². The van der Waals surface area contributed by atoms with Gasteiger partial charge in [-0.25, -0.2) is 4.79 Å². The number of aliphatic imine (C=N–C) groups is 1. The third-order valence-electron chi connectivity index (χ3n) is 4.08. The Morgan fingerprint density at radius 2 is 1.88 bits per heavy atom. The van der Waals surface area contributed by atoms with E-state index in [9.17, 15) is 19.5 Å². The predicted octanol–water partition coefficient (Wildman–Crippen LogP) is -0.868. The van der Waals surface area contributed by atoms with Gasteiger partial charge in [0.05, 0.1) is 12.3 Å². The van der Waals surface area contributed by atoms with E-state index < -0.39 is 17.1 Å². The number of carbonyl (C=O) groups excluding carboxylic acids is 1. The standard InChI is InChI=1S/C15H23N5O4/c1-3-11(12-13(22)17-15(24)18-14(12)23)16-4-5-19-6-8-20(9-7-19)10(2)21/h3-9H2,1-2H3,(H3,17,18,22,23,24). The molecule has 1 amide bonds. The third-order valence-corrected chi connectivity index (χ3v) is 4.08. The van der Waals surface area contributed by atoms with Crippen LogP contribution in [-0.4, -0.2) is 75.8 Å². The van der Waals surface area contributed by atoms with Gasteiger partial charge in [0, 0.05) is 39.6 Å². The topological polar surface area (TPSA) is 122 Å². The van der Waals surface area contributed by atoms with Crippen LogP contribution in [0.3, 0.4) is 0 Å². The molecule has 0 bridgehead atoms. The monoisotopic (exact) mass is 337 g/mol. The van der Waals surface area contributed by atoms with E-state index in [0.717, 1.165) is 13.1 Å². The number of aromatic hydroxyl groups is 1. The molecular formula is C15H23N5O4. The summed E-state index contributed by atoms with van der Waals surface area (Å²) in [5.41, 5.74) is -0.933. The molecule has 1 aliphatic rings. The molecule has 1 aromatic rings. The first-order chi connectivity index (χ1) is 11.4. The van der Waals surface area contributed by atoms with E-state index in [1.807, 2.05) is 11.8 Å². The van der Waals surface area contributed by atoms with Gasteiger partial charge in [-0.3, -0.25) is 29.4 Å². The molecule has 24 heavy (non-hydrogen) atoms. The van der Waals surface area contributed by atoms with Gasteiger partial charge < -0.3 is 10.0 Å². The first kappa shape index (κ1) is 17.9. The number of piperazine rings is 1. The molecule has 1 aromatic heterocycles. The van der Waals surface area contributed by atoms with Gasteiger partial charge in [-0.2, -0.15) is 0 Å². The van der Waals surface area contributed by atoms with Gasteiger partial charge in [-0.05, 0) is 6.42 Å². The summed E-state index contributed by atoms with van der Waals surface area (Å²) in [5.74, 6) is -0.367. The number of hydrogen-bond donors (Lipinski definition) is 3. The van der Waals surface area contributed by atoms with E-state index in [1.165, 1.54) is 0 Å². The van der Waals surface area contributed by atoms with Crippen LogP contribution >= 0.6 is 0 Å². The fraction of sp³-hybridized carbons (Fsp3) is 0.600. The van der Waals surface area contributed by atoms with Crippen molar-refractivity contribution in [2.24, 2.45) is 4.99 Å². The molecule has 3 N–H and O–H groups in total. The quantitative estimate of drug-likeness (QED) is 0.603. The summed E-state index contributed by atoms with van der Waals surface area (Å²) in [6.07, 6.45) is 0.459. The van der Waals surface area contributed by atoms with Crippen LogP contribution in [0.2, 0.25) is 0 Å². The summed E-state index contributed by atoms with van der Waals surface area (Å²) in [6.45, 7) is 7.58. The number of aromatic nitrogens is 2. The fourth-order valence-electron chi connectivity index (χ4n) is 2.72. The number of H-pyrrole nitrogens is 2. The highest BCUT2D eigenvalue weighted by Crippen LogP contribution is 2.09. The van der Waals surface area contributed by atoms with Crippen molar-refractivity contribution in [3.8, 4) is 5.88 Å². The maximum Gasteiger partial charge on any atom is 0.328 e. The van der Waals surface area contributed by atoms with Crippen molar-refractivity contribution < 1.29 is 9.90 Å². The number of nitrogens with zero attached hydrogens (tertiary/aromatic N) is 3. The average Bonchev–Trinajstić information content (AvgIpc) is 2.52. The summed E-state index contributed by atoms with van der Waals surface area (Å²) in [4.78, 5) is 47.0. The van der Waals surface area contributed by atoms with Crippen molar-refractivity contribution in [2.45, 2.75) is 20.3 Å². The molecule has 2 heterocycles. The van der Waals surface area contributed by atoms with Crippen molar-refractivity contribution >= 4 is 11.6 Å². The number of hydrogen-bond acceptors (Lipinski definition) is 6. The predicted molar refractivity (Wildman–Crippen MR) is 89.7 cm³/mol. The molecule has 9 heteroatoms. The number of aromatic amines is 2. The van der Waals surface area contributed by atoms with E-state index in [4.69, 9.17) is 0 Å². The van der Waals surface area contributed by atoms with Gasteiger partial charge >= 0.3 is 5.69 Å². The van der Waals surface area contributed by atoms with E-state index in [-0.39, 0.29) is 11.5 Å². The van der Waals surface area contributed by atoms with Crippen molar-refractivity contribution in [3.05, 3.63) is 26.4 Å². The molecule has 2 rings (SSSR count). The highest BCUT2D eigenvalue weighted by molar-refractivity contribution is 6.01. The second-order valence-electron chi connectivity index (χ2n) is 5.66. The molecule has 0 saturated carbocycles. The molecule has 1 aliphatic heterocycles. The van der Waals surface area contributed by atoms with Crippen LogP contribution in [0.4, 0.5) is 0 Å². The van der Waals surface area contributed by atoms with Gasteiger partial charge in [0.25, 0.3) is 5.56 Å². The Kier molecular flexibility index (Phi) is 5.91. The van der Waals surface area contributed by atoms with Crippen molar-refractivity contribution in [1.82, 2.24) is 19.8 Å². The van der Waals surface area contributed by atoms with E-state index in [1.54, 1.807) is 6.92 Å². The largest absolute Gasteiger partial charge is 0.494 e.